The molecule has 0 saturated heterocycles. The second-order valence-corrected chi connectivity index (χ2v) is 2.99. The zero-order valence-electron chi connectivity index (χ0n) is 5.71. The lowest BCUT2D eigenvalue weighted by atomic mass is 10.1. The van der Waals surface area contributed by atoms with Crippen LogP contribution in [0.3, 0.4) is 0 Å². The van der Waals surface area contributed by atoms with Crippen LogP contribution in [0.5, 0.6) is 0 Å². The molecule has 50 valence electrons. The Kier molecular flexibility index (Phi) is 1.12. The molecule has 2 aliphatic rings. The van der Waals surface area contributed by atoms with Gasteiger partial charge in [-0.2, -0.15) is 0 Å². The Balaban J connectivity index is 2.15. The van der Waals surface area contributed by atoms with Gasteiger partial charge in [-0.15, -0.1) is 0 Å². The smallest absolute Gasteiger partial charge is 0.0696 e. The molecule has 1 fully saturated rings. The van der Waals surface area contributed by atoms with Gasteiger partial charge in [0.2, 0.25) is 0 Å². The van der Waals surface area contributed by atoms with Crippen LogP contribution in [0.2, 0.25) is 0 Å². The zero-order chi connectivity index (χ0) is 6.27. The molecule has 2 bridgehead atoms. The first kappa shape index (κ1) is 5.48. The van der Waals surface area contributed by atoms with E-state index in [0.29, 0.717) is 6.10 Å². The van der Waals surface area contributed by atoms with Gasteiger partial charge in [-0.25, -0.2) is 0 Å². The molecule has 0 aromatic carbocycles. The van der Waals surface area contributed by atoms with Crippen LogP contribution < -0.4 is 0 Å². The molecule has 1 heteroatoms. The number of hydrogen-bond donors (Lipinski definition) is 0. The van der Waals surface area contributed by atoms with Crippen molar-refractivity contribution < 1.29 is 4.74 Å². The maximum atomic E-state index is 5.34. The van der Waals surface area contributed by atoms with Crippen LogP contribution >= 0.6 is 0 Å². The van der Waals surface area contributed by atoms with Crippen molar-refractivity contribution in [2.24, 2.45) is 11.8 Å². The van der Waals surface area contributed by atoms with Gasteiger partial charge in [-0.1, -0.05) is 12.2 Å². The zero-order valence-corrected chi connectivity index (χ0v) is 5.71. The first-order valence-corrected chi connectivity index (χ1v) is 3.63. The molecule has 0 radical (unpaired) electrons. The lowest BCUT2D eigenvalue weighted by Crippen LogP contribution is -2.15. The molecule has 2 rings (SSSR count). The van der Waals surface area contributed by atoms with E-state index in [4.69, 9.17) is 4.74 Å². The van der Waals surface area contributed by atoms with Crippen LogP contribution in [-0.4, -0.2) is 13.2 Å². The molecule has 0 amide bonds. The van der Waals surface area contributed by atoms with Crippen molar-refractivity contribution in [3.05, 3.63) is 12.2 Å². The molecule has 0 aliphatic heterocycles. The Morgan fingerprint density at radius 1 is 1.22 bits per heavy atom. The SMILES string of the molecule is COC1[C@H]2C=C[C@H]1CC2. The van der Waals surface area contributed by atoms with Gasteiger partial charge in [0.05, 0.1) is 6.10 Å². The second-order valence-electron chi connectivity index (χ2n) is 2.99. The number of rotatable bonds is 1. The van der Waals surface area contributed by atoms with Crippen molar-refractivity contribution >= 4 is 0 Å². The third-order valence-corrected chi connectivity index (χ3v) is 2.55. The van der Waals surface area contributed by atoms with Crippen LogP contribution in [-0.2, 0) is 4.74 Å². The average Bonchev–Trinajstić information content (AvgIpc) is 2.44. The summed E-state index contributed by atoms with van der Waals surface area (Å²) in [6.07, 6.45) is 7.84. The fraction of sp³-hybridized carbons (Fsp3) is 0.750. The normalized spacial score (nSPS) is 46.6. The van der Waals surface area contributed by atoms with Crippen LogP contribution in [0.15, 0.2) is 12.2 Å². The minimum Gasteiger partial charge on any atom is -0.380 e. The van der Waals surface area contributed by atoms with E-state index in [0.717, 1.165) is 11.8 Å². The van der Waals surface area contributed by atoms with E-state index in [2.05, 4.69) is 12.2 Å². The molecular weight excluding hydrogens is 112 g/mol. The van der Waals surface area contributed by atoms with Gasteiger partial charge in [0.1, 0.15) is 0 Å². The largest absolute Gasteiger partial charge is 0.380 e. The third kappa shape index (κ3) is 0.645. The lowest BCUT2D eigenvalue weighted by molar-refractivity contribution is 0.0734. The van der Waals surface area contributed by atoms with Crippen LogP contribution in [0.1, 0.15) is 12.8 Å². The van der Waals surface area contributed by atoms with Gasteiger partial charge in [-0.05, 0) is 12.8 Å². The first-order chi connectivity index (χ1) is 4.42. The Morgan fingerprint density at radius 2 is 1.78 bits per heavy atom. The summed E-state index contributed by atoms with van der Waals surface area (Å²) in [6, 6.07) is 0. The van der Waals surface area contributed by atoms with Gasteiger partial charge in [0.15, 0.2) is 0 Å². The fourth-order valence-electron chi connectivity index (χ4n) is 2.08. The van der Waals surface area contributed by atoms with Crippen LogP contribution in [0, 0.1) is 11.8 Å². The number of fused-ring (bicyclic) bond motifs is 2. The number of ether oxygens (including phenoxy) is 1. The first-order valence-electron chi connectivity index (χ1n) is 3.63. The molecule has 1 saturated carbocycles. The van der Waals surface area contributed by atoms with Gasteiger partial charge in [0, 0.05) is 18.9 Å². The van der Waals surface area contributed by atoms with Gasteiger partial charge in [0.25, 0.3) is 0 Å². The molecule has 2 atom stereocenters. The Morgan fingerprint density at radius 3 is 2.00 bits per heavy atom. The van der Waals surface area contributed by atoms with E-state index in [9.17, 15) is 0 Å². The van der Waals surface area contributed by atoms with Crippen molar-refractivity contribution in [2.45, 2.75) is 18.9 Å². The van der Waals surface area contributed by atoms with E-state index in [-0.39, 0.29) is 0 Å². The van der Waals surface area contributed by atoms with Crippen molar-refractivity contribution in [3.63, 3.8) is 0 Å². The standard InChI is InChI=1S/C8H12O/c1-9-8-6-2-3-7(8)5-4-6/h2-3,6-8H,4-5H2,1H3/t6-,7-/m0/s1. The fourth-order valence-corrected chi connectivity index (χ4v) is 2.08. The van der Waals surface area contributed by atoms with Gasteiger partial charge in [-0.3, -0.25) is 0 Å². The summed E-state index contributed by atoms with van der Waals surface area (Å²) >= 11 is 0. The molecule has 1 nitrogen and oxygen atoms in total. The maximum absolute atomic E-state index is 5.34. The maximum Gasteiger partial charge on any atom is 0.0696 e. The quantitative estimate of drug-likeness (QED) is 0.482. The molecular formula is C8H12O. The Labute approximate surface area is 55.7 Å². The van der Waals surface area contributed by atoms with E-state index in [1.165, 1.54) is 12.8 Å². The summed E-state index contributed by atoms with van der Waals surface area (Å²) in [7, 11) is 1.82. The summed E-state index contributed by atoms with van der Waals surface area (Å²) in [4.78, 5) is 0. The molecule has 9 heavy (non-hydrogen) atoms. The van der Waals surface area contributed by atoms with Crippen molar-refractivity contribution in [3.8, 4) is 0 Å². The summed E-state index contributed by atoms with van der Waals surface area (Å²) in [5.41, 5.74) is 0. The Hall–Kier alpha value is -0.300. The minimum atomic E-state index is 0.532. The number of hydrogen-bond acceptors (Lipinski definition) is 1. The molecule has 0 aromatic heterocycles. The van der Waals surface area contributed by atoms with E-state index < -0.39 is 0 Å². The molecule has 0 unspecified atom stereocenters. The van der Waals surface area contributed by atoms with Gasteiger partial charge >= 0.3 is 0 Å². The van der Waals surface area contributed by atoms with Crippen LogP contribution in [0.4, 0.5) is 0 Å². The van der Waals surface area contributed by atoms with E-state index in [1.807, 2.05) is 7.11 Å². The third-order valence-electron chi connectivity index (χ3n) is 2.55. The van der Waals surface area contributed by atoms with Gasteiger partial charge < -0.3 is 4.74 Å². The second kappa shape index (κ2) is 1.84. The highest BCUT2D eigenvalue weighted by Crippen LogP contribution is 2.40. The summed E-state index contributed by atoms with van der Waals surface area (Å²) in [6.45, 7) is 0. The molecule has 0 spiro atoms. The van der Waals surface area contributed by atoms with E-state index in [1.54, 1.807) is 0 Å². The summed E-state index contributed by atoms with van der Waals surface area (Å²) < 4.78 is 5.34. The summed E-state index contributed by atoms with van der Waals surface area (Å²) in [5, 5.41) is 0. The number of methoxy groups -OCH3 is 1. The molecule has 0 heterocycles. The summed E-state index contributed by atoms with van der Waals surface area (Å²) in [5.74, 6) is 1.50. The highest BCUT2D eigenvalue weighted by Gasteiger charge is 2.37. The Bertz CT molecular complexity index is 126. The highest BCUT2D eigenvalue weighted by molar-refractivity contribution is 5.12. The average molecular weight is 124 g/mol. The molecule has 2 aliphatic carbocycles. The van der Waals surface area contributed by atoms with Crippen molar-refractivity contribution in [2.75, 3.05) is 7.11 Å². The topological polar surface area (TPSA) is 9.23 Å². The van der Waals surface area contributed by atoms with Crippen molar-refractivity contribution in [1.82, 2.24) is 0 Å². The van der Waals surface area contributed by atoms with E-state index >= 15 is 0 Å². The monoisotopic (exact) mass is 124 g/mol. The van der Waals surface area contributed by atoms with Crippen molar-refractivity contribution in [1.29, 1.82) is 0 Å². The minimum absolute atomic E-state index is 0.532. The molecule has 0 N–H and O–H groups in total. The predicted octanol–water partition coefficient (Wildman–Crippen LogP) is 1.60. The predicted molar refractivity (Wildman–Crippen MR) is 36.2 cm³/mol. The lowest BCUT2D eigenvalue weighted by Gasteiger charge is -2.12. The molecule has 0 aromatic rings. The highest BCUT2D eigenvalue weighted by atomic mass is 16.5. The van der Waals surface area contributed by atoms with Crippen LogP contribution in [0.25, 0.3) is 0 Å².